The van der Waals surface area contributed by atoms with E-state index in [2.05, 4.69) is 20.5 Å². The number of carbonyl (C=O) groups is 1. The molecule has 1 aliphatic rings. The largest absolute Gasteiger partial charge is 0.417 e. The average Bonchev–Trinajstić information content (AvgIpc) is 2.83. The number of anilines is 1. The molecule has 3 N–H and O–H groups in total. The molecule has 186 valence electrons. The molecule has 0 bridgehead atoms. The predicted molar refractivity (Wildman–Crippen MR) is 117 cm³/mol. The van der Waals surface area contributed by atoms with Gasteiger partial charge < -0.3 is 20.1 Å². The van der Waals surface area contributed by atoms with Gasteiger partial charge in [-0.1, -0.05) is 0 Å². The summed E-state index contributed by atoms with van der Waals surface area (Å²) in [5.41, 5.74) is 0.445. The Morgan fingerprint density at radius 2 is 2.06 bits per heavy atom. The lowest BCUT2D eigenvalue weighted by atomic mass is 9.92. The molecule has 0 saturated carbocycles. The van der Waals surface area contributed by atoms with E-state index in [-0.39, 0.29) is 43.6 Å². The van der Waals surface area contributed by atoms with E-state index in [0.717, 1.165) is 12.3 Å². The van der Waals surface area contributed by atoms with Crippen LogP contribution < -0.4 is 10.9 Å². The minimum Gasteiger partial charge on any atom is -0.394 e. The number of nitrogens with one attached hydrogen (secondary N) is 2. The molecule has 1 fully saturated rings. The highest BCUT2D eigenvalue weighted by Gasteiger charge is 2.31. The lowest BCUT2D eigenvalue weighted by molar-refractivity contribution is -0.138. The second-order valence-electron chi connectivity index (χ2n) is 8.21. The highest BCUT2D eigenvalue weighted by molar-refractivity contribution is 5.76. The summed E-state index contributed by atoms with van der Waals surface area (Å²) in [5, 5.41) is 18.6. The summed E-state index contributed by atoms with van der Waals surface area (Å²) in [4.78, 5) is 29.8. The number of nitrogens with zero attached hydrogens (tertiary/aromatic N) is 3. The van der Waals surface area contributed by atoms with Gasteiger partial charge in [0.25, 0.3) is 5.56 Å². The van der Waals surface area contributed by atoms with Gasteiger partial charge in [0.1, 0.15) is 0 Å². The lowest BCUT2D eigenvalue weighted by Crippen LogP contribution is -2.38. The third-order valence-electron chi connectivity index (χ3n) is 5.84. The van der Waals surface area contributed by atoms with Crippen LogP contribution in [0.5, 0.6) is 0 Å². The first-order valence-electron chi connectivity index (χ1n) is 11.0. The third-order valence-corrected chi connectivity index (χ3v) is 5.84. The van der Waals surface area contributed by atoms with Crippen molar-refractivity contribution in [2.24, 2.45) is 0 Å². The Hall–Kier alpha value is -2.99. The minimum absolute atomic E-state index is 0.0159. The Bertz CT molecular complexity index is 1000. The van der Waals surface area contributed by atoms with Crippen LogP contribution in [0, 0.1) is 6.92 Å². The van der Waals surface area contributed by atoms with E-state index in [1.54, 1.807) is 11.8 Å². The number of aromatic nitrogens is 3. The van der Waals surface area contributed by atoms with Crippen LogP contribution in [0.4, 0.5) is 18.9 Å². The topological polar surface area (TPSA) is 120 Å². The number of aliphatic hydroxyl groups excluding tert-OH is 1. The fraction of sp³-hybridized carbons (Fsp3) is 0.545. The van der Waals surface area contributed by atoms with Crippen LogP contribution in [0.15, 0.2) is 29.3 Å². The zero-order valence-electron chi connectivity index (χ0n) is 18.8. The molecule has 12 heteroatoms. The van der Waals surface area contributed by atoms with Gasteiger partial charge in [0.05, 0.1) is 49.7 Å². The maximum atomic E-state index is 12.7. The van der Waals surface area contributed by atoms with Crippen LogP contribution in [0.3, 0.4) is 0 Å². The Morgan fingerprint density at radius 1 is 1.32 bits per heavy atom. The van der Waals surface area contributed by atoms with Crippen molar-refractivity contribution in [3.63, 3.8) is 0 Å². The molecule has 1 aliphatic heterocycles. The van der Waals surface area contributed by atoms with E-state index in [9.17, 15) is 27.9 Å². The number of carbonyl (C=O) groups excluding carboxylic acids is 1. The SMILES string of the molecule is Cc1c(N[C@@H](CO)COCCC(=O)N2CCC(c3ccc(C(F)(F)F)cn3)CC2)cn[nH]c1=O. The summed E-state index contributed by atoms with van der Waals surface area (Å²) in [6, 6.07) is 1.98. The number of hydrogen-bond donors (Lipinski definition) is 3. The van der Waals surface area contributed by atoms with Crippen molar-refractivity contribution in [1.29, 1.82) is 0 Å². The van der Waals surface area contributed by atoms with Crippen molar-refractivity contribution >= 4 is 11.6 Å². The minimum atomic E-state index is -4.41. The number of amides is 1. The monoisotopic (exact) mass is 483 g/mol. The number of H-pyrrole nitrogens is 1. The highest BCUT2D eigenvalue weighted by Crippen LogP contribution is 2.31. The van der Waals surface area contributed by atoms with Gasteiger partial charge in [-0.2, -0.15) is 18.3 Å². The quantitative estimate of drug-likeness (QED) is 0.467. The summed E-state index contributed by atoms with van der Waals surface area (Å²) >= 11 is 0. The van der Waals surface area contributed by atoms with Crippen LogP contribution in [0.2, 0.25) is 0 Å². The van der Waals surface area contributed by atoms with Gasteiger partial charge in [-0.3, -0.25) is 14.6 Å². The van der Waals surface area contributed by atoms with Crippen molar-refractivity contribution in [3.05, 3.63) is 51.7 Å². The zero-order valence-corrected chi connectivity index (χ0v) is 18.8. The van der Waals surface area contributed by atoms with Crippen molar-refractivity contribution in [3.8, 4) is 0 Å². The van der Waals surface area contributed by atoms with Crippen LogP contribution in [-0.2, 0) is 15.7 Å². The Kier molecular flexibility index (Phi) is 8.61. The van der Waals surface area contributed by atoms with Gasteiger partial charge in [0.15, 0.2) is 0 Å². The Balaban J connectivity index is 1.39. The number of ether oxygens (including phenoxy) is 1. The molecule has 3 heterocycles. The summed E-state index contributed by atoms with van der Waals surface area (Å²) in [6.07, 6.45) is -0.671. The van der Waals surface area contributed by atoms with E-state index < -0.39 is 17.8 Å². The number of pyridine rings is 1. The van der Waals surface area contributed by atoms with Crippen molar-refractivity contribution in [1.82, 2.24) is 20.1 Å². The zero-order chi connectivity index (χ0) is 24.7. The molecule has 0 spiro atoms. The van der Waals surface area contributed by atoms with Gasteiger partial charge in [0, 0.05) is 36.5 Å². The molecule has 9 nitrogen and oxygen atoms in total. The molecule has 2 aromatic heterocycles. The molecule has 34 heavy (non-hydrogen) atoms. The number of likely N-dealkylation sites (tertiary alicyclic amines) is 1. The van der Waals surface area contributed by atoms with Crippen molar-refractivity contribution in [2.45, 2.75) is 44.3 Å². The fourth-order valence-corrected chi connectivity index (χ4v) is 3.75. The number of piperidine rings is 1. The van der Waals surface area contributed by atoms with Gasteiger partial charge in [-0.15, -0.1) is 0 Å². The summed E-state index contributed by atoms with van der Waals surface area (Å²) < 4.78 is 43.6. The fourth-order valence-electron chi connectivity index (χ4n) is 3.75. The molecule has 1 atom stereocenters. The first-order valence-corrected chi connectivity index (χ1v) is 11.0. The van der Waals surface area contributed by atoms with Crippen LogP contribution in [-0.4, -0.2) is 70.0 Å². The number of hydrogen-bond acceptors (Lipinski definition) is 7. The number of rotatable bonds is 9. The average molecular weight is 483 g/mol. The number of alkyl halides is 3. The summed E-state index contributed by atoms with van der Waals surface area (Å²) in [7, 11) is 0. The molecule has 1 amide bonds. The van der Waals surface area contributed by atoms with Gasteiger partial charge >= 0.3 is 6.18 Å². The maximum Gasteiger partial charge on any atom is 0.417 e. The Labute approximate surface area is 194 Å². The van der Waals surface area contributed by atoms with Crippen LogP contribution in [0.25, 0.3) is 0 Å². The maximum absolute atomic E-state index is 12.7. The molecule has 1 saturated heterocycles. The first-order chi connectivity index (χ1) is 16.2. The molecule has 0 aromatic carbocycles. The van der Waals surface area contributed by atoms with Crippen molar-refractivity contribution in [2.75, 3.05) is 38.2 Å². The number of aliphatic hydroxyl groups is 1. The third kappa shape index (κ3) is 6.76. The second kappa shape index (κ2) is 11.4. The molecule has 0 unspecified atom stereocenters. The molecule has 2 aromatic rings. The predicted octanol–water partition coefficient (Wildman–Crippen LogP) is 2.08. The van der Waals surface area contributed by atoms with E-state index in [1.807, 2.05) is 0 Å². The highest BCUT2D eigenvalue weighted by atomic mass is 19.4. The van der Waals surface area contributed by atoms with E-state index in [1.165, 1.54) is 12.3 Å². The second-order valence-corrected chi connectivity index (χ2v) is 8.21. The van der Waals surface area contributed by atoms with E-state index >= 15 is 0 Å². The van der Waals surface area contributed by atoms with Crippen LogP contribution >= 0.6 is 0 Å². The van der Waals surface area contributed by atoms with Gasteiger partial charge in [0.2, 0.25) is 5.91 Å². The van der Waals surface area contributed by atoms with E-state index in [4.69, 9.17) is 4.74 Å². The van der Waals surface area contributed by atoms with Gasteiger partial charge in [-0.25, -0.2) is 5.10 Å². The van der Waals surface area contributed by atoms with Crippen molar-refractivity contribution < 1.29 is 27.8 Å². The Morgan fingerprint density at radius 3 is 2.68 bits per heavy atom. The van der Waals surface area contributed by atoms with Crippen LogP contribution in [0.1, 0.15) is 42.0 Å². The normalized spacial score (nSPS) is 15.9. The summed E-state index contributed by atoms with van der Waals surface area (Å²) in [5.74, 6) is -0.0517. The number of aromatic amines is 1. The summed E-state index contributed by atoms with van der Waals surface area (Å²) in [6.45, 7) is 2.71. The number of halogens is 3. The standard InChI is InChI=1S/C22H28F3N5O4/c1-14-19(11-27-29-21(14)33)28-17(12-31)13-34-9-6-20(32)30-7-4-15(5-8-30)18-3-2-16(10-26-18)22(23,24)25/h2-3,10-11,15,17,31H,4-9,12-13H2,1H3,(H2,28,29,33)/t17-/m0/s1. The van der Waals surface area contributed by atoms with E-state index in [0.29, 0.717) is 42.9 Å². The molecule has 0 aliphatic carbocycles. The molecular formula is C22H28F3N5O4. The lowest BCUT2D eigenvalue weighted by Gasteiger charge is -2.32. The van der Waals surface area contributed by atoms with Gasteiger partial charge in [-0.05, 0) is 31.9 Å². The smallest absolute Gasteiger partial charge is 0.394 e. The molecular weight excluding hydrogens is 455 g/mol. The molecule has 3 rings (SSSR count). The molecule has 0 radical (unpaired) electrons. The first kappa shape index (κ1) is 25.6.